The van der Waals surface area contributed by atoms with Crippen LogP contribution in [0.15, 0.2) is 91.5 Å². The molecule has 2 N–H and O–H groups in total. The van der Waals surface area contributed by atoms with Crippen LogP contribution in [0.25, 0.3) is 5.69 Å². The summed E-state index contributed by atoms with van der Waals surface area (Å²) in [6.07, 6.45) is 9.41. The summed E-state index contributed by atoms with van der Waals surface area (Å²) in [4.78, 5) is 18.9. The van der Waals surface area contributed by atoms with Gasteiger partial charge in [0, 0.05) is 60.7 Å². The van der Waals surface area contributed by atoms with E-state index in [1.807, 2.05) is 47.3 Å². The molecular formula is C28H30N6O. The molecule has 0 saturated carbocycles. The molecular weight excluding hydrogens is 436 g/mol. The largest absolute Gasteiger partial charge is 0.371 e. The molecule has 2 aromatic heterocycles. The summed E-state index contributed by atoms with van der Waals surface area (Å²) in [5, 5.41) is 11.3. The Morgan fingerprint density at radius 3 is 2.54 bits per heavy atom. The molecule has 1 aliphatic heterocycles. The zero-order valence-electron chi connectivity index (χ0n) is 19.8. The van der Waals surface area contributed by atoms with Crippen LogP contribution in [-0.2, 0) is 0 Å². The van der Waals surface area contributed by atoms with E-state index in [1.54, 1.807) is 24.5 Å². The number of carbonyl (C=O) groups is 1. The van der Waals surface area contributed by atoms with Crippen LogP contribution in [0.2, 0.25) is 0 Å². The van der Waals surface area contributed by atoms with Crippen LogP contribution < -0.4 is 15.5 Å². The highest BCUT2D eigenvalue weighted by molar-refractivity contribution is 6.04. The molecule has 1 saturated heterocycles. The Labute approximate surface area is 205 Å². The summed E-state index contributed by atoms with van der Waals surface area (Å²) in [6, 6.07) is 22.5. The highest BCUT2D eigenvalue weighted by atomic mass is 16.1. The molecule has 2 aromatic carbocycles. The van der Waals surface area contributed by atoms with Crippen LogP contribution in [0.1, 0.15) is 41.7 Å². The van der Waals surface area contributed by atoms with E-state index in [9.17, 15) is 4.79 Å². The van der Waals surface area contributed by atoms with Gasteiger partial charge in [-0.05, 0) is 62.2 Å². The zero-order valence-corrected chi connectivity index (χ0v) is 19.8. The quantitative estimate of drug-likeness (QED) is 0.408. The van der Waals surface area contributed by atoms with Crippen LogP contribution >= 0.6 is 0 Å². The molecule has 1 fully saturated rings. The fourth-order valence-electron chi connectivity index (χ4n) is 4.52. The Balaban J connectivity index is 1.15. The first-order chi connectivity index (χ1) is 17.2. The van der Waals surface area contributed by atoms with Gasteiger partial charge in [0.2, 0.25) is 0 Å². The van der Waals surface area contributed by atoms with Crippen molar-refractivity contribution in [1.82, 2.24) is 20.1 Å². The Bertz CT molecular complexity index is 1250. The summed E-state index contributed by atoms with van der Waals surface area (Å²) in [5.41, 5.74) is 4.73. The smallest absolute Gasteiger partial charge is 0.257 e. The number of aromatic nitrogens is 3. The van der Waals surface area contributed by atoms with Crippen LogP contribution in [0, 0.1) is 0 Å². The average Bonchev–Trinajstić information content (AvgIpc) is 3.41. The Hall–Kier alpha value is -3.97. The lowest BCUT2D eigenvalue weighted by molar-refractivity contribution is 0.102. The Kier molecular flexibility index (Phi) is 6.86. The molecule has 35 heavy (non-hydrogen) atoms. The molecule has 1 aliphatic rings. The van der Waals surface area contributed by atoms with Gasteiger partial charge in [0.25, 0.3) is 5.91 Å². The zero-order chi connectivity index (χ0) is 24.0. The van der Waals surface area contributed by atoms with Gasteiger partial charge in [-0.1, -0.05) is 24.3 Å². The van der Waals surface area contributed by atoms with Crippen LogP contribution in [-0.4, -0.2) is 39.8 Å². The first-order valence-corrected chi connectivity index (χ1v) is 12.1. The predicted molar refractivity (Wildman–Crippen MR) is 139 cm³/mol. The van der Waals surface area contributed by atoms with Crippen molar-refractivity contribution in [1.29, 1.82) is 0 Å². The molecule has 0 radical (unpaired) electrons. The van der Waals surface area contributed by atoms with Gasteiger partial charge in [0.15, 0.2) is 0 Å². The number of hydrogen-bond donors (Lipinski definition) is 2. The van der Waals surface area contributed by atoms with Crippen molar-refractivity contribution >= 4 is 17.3 Å². The summed E-state index contributed by atoms with van der Waals surface area (Å²) >= 11 is 0. The monoisotopic (exact) mass is 466 g/mol. The Morgan fingerprint density at radius 1 is 0.971 bits per heavy atom. The molecule has 3 heterocycles. The standard InChI is InChI=1S/C28H30N6O/c1-21(23-19-30-34(20-23)26-9-3-2-4-10-26)31-24-12-15-33(16-13-24)27-11-5-8-25(17-27)32-28(35)22-7-6-14-29-18-22/h2-11,14,17-21,24,31H,12-13,15-16H2,1H3,(H,32,35)/t21-/m0/s1. The second kappa shape index (κ2) is 10.5. The van der Waals surface area contributed by atoms with Gasteiger partial charge in [0.1, 0.15) is 0 Å². The maximum absolute atomic E-state index is 12.5. The molecule has 4 aromatic rings. The lowest BCUT2D eigenvalue weighted by Gasteiger charge is -2.35. The highest BCUT2D eigenvalue weighted by Crippen LogP contribution is 2.25. The number of amides is 1. The molecule has 7 heteroatoms. The molecule has 5 rings (SSSR count). The number of rotatable bonds is 7. The van der Waals surface area contributed by atoms with E-state index in [0.29, 0.717) is 11.6 Å². The molecule has 0 bridgehead atoms. The van der Waals surface area contributed by atoms with Gasteiger partial charge in [0.05, 0.1) is 17.4 Å². The number of pyridine rings is 1. The summed E-state index contributed by atoms with van der Waals surface area (Å²) in [5.74, 6) is -0.150. The third kappa shape index (κ3) is 5.58. The first-order valence-electron chi connectivity index (χ1n) is 12.1. The third-order valence-corrected chi connectivity index (χ3v) is 6.50. The molecule has 0 spiro atoms. The van der Waals surface area contributed by atoms with Crippen molar-refractivity contribution in [3.63, 3.8) is 0 Å². The maximum atomic E-state index is 12.5. The number of nitrogens with one attached hydrogen (secondary N) is 2. The fraction of sp³-hybridized carbons (Fsp3) is 0.250. The minimum Gasteiger partial charge on any atom is -0.371 e. The second-order valence-corrected chi connectivity index (χ2v) is 8.95. The van der Waals surface area contributed by atoms with E-state index in [-0.39, 0.29) is 11.9 Å². The van der Waals surface area contributed by atoms with E-state index in [2.05, 4.69) is 56.9 Å². The van der Waals surface area contributed by atoms with E-state index in [4.69, 9.17) is 0 Å². The number of carbonyl (C=O) groups excluding carboxylic acids is 1. The normalized spacial score (nSPS) is 15.1. The van der Waals surface area contributed by atoms with E-state index in [1.165, 1.54) is 5.56 Å². The van der Waals surface area contributed by atoms with Crippen molar-refractivity contribution in [3.8, 4) is 5.69 Å². The number of benzene rings is 2. The first kappa shape index (κ1) is 22.8. The van der Waals surface area contributed by atoms with E-state index < -0.39 is 0 Å². The number of anilines is 2. The lowest BCUT2D eigenvalue weighted by atomic mass is 10.0. The van der Waals surface area contributed by atoms with E-state index in [0.717, 1.165) is 43.0 Å². The molecule has 1 amide bonds. The third-order valence-electron chi connectivity index (χ3n) is 6.50. The minimum atomic E-state index is -0.150. The number of piperidine rings is 1. The van der Waals surface area contributed by atoms with Gasteiger partial charge in [-0.2, -0.15) is 5.10 Å². The summed E-state index contributed by atoms with van der Waals surface area (Å²) in [7, 11) is 0. The van der Waals surface area contributed by atoms with Crippen LogP contribution in [0.3, 0.4) is 0 Å². The second-order valence-electron chi connectivity index (χ2n) is 8.95. The molecule has 178 valence electrons. The number of para-hydroxylation sites is 1. The number of hydrogen-bond acceptors (Lipinski definition) is 5. The van der Waals surface area contributed by atoms with Gasteiger partial charge in [-0.15, -0.1) is 0 Å². The average molecular weight is 467 g/mol. The van der Waals surface area contributed by atoms with Crippen LogP contribution in [0.5, 0.6) is 0 Å². The predicted octanol–water partition coefficient (Wildman–Crippen LogP) is 4.84. The number of nitrogens with zero attached hydrogens (tertiary/aromatic N) is 4. The van der Waals surface area contributed by atoms with Crippen molar-refractivity contribution in [2.75, 3.05) is 23.3 Å². The van der Waals surface area contributed by atoms with Crippen molar-refractivity contribution in [2.45, 2.75) is 31.8 Å². The van der Waals surface area contributed by atoms with E-state index >= 15 is 0 Å². The lowest BCUT2D eigenvalue weighted by Crippen LogP contribution is -2.43. The minimum absolute atomic E-state index is 0.150. The maximum Gasteiger partial charge on any atom is 0.257 e. The molecule has 0 aliphatic carbocycles. The fourth-order valence-corrected chi connectivity index (χ4v) is 4.52. The van der Waals surface area contributed by atoms with Gasteiger partial charge in [-0.3, -0.25) is 9.78 Å². The van der Waals surface area contributed by atoms with Gasteiger partial charge in [-0.25, -0.2) is 4.68 Å². The highest BCUT2D eigenvalue weighted by Gasteiger charge is 2.22. The SMILES string of the molecule is C[C@H](NC1CCN(c2cccc(NC(=O)c3cccnc3)c2)CC1)c1cnn(-c2ccccc2)c1. The van der Waals surface area contributed by atoms with Crippen LogP contribution in [0.4, 0.5) is 11.4 Å². The molecule has 1 atom stereocenters. The molecule has 0 unspecified atom stereocenters. The Morgan fingerprint density at radius 2 is 1.77 bits per heavy atom. The van der Waals surface area contributed by atoms with Crippen molar-refractivity contribution < 1.29 is 4.79 Å². The van der Waals surface area contributed by atoms with Gasteiger partial charge < -0.3 is 15.5 Å². The topological polar surface area (TPSA) is 75.1 Å². The summed E-state index contributed by atoms with van der Waals surface area (Å²) < 4.78 is 1.93. The summed E-state index contributed by atoms with van der Waals surface area (Å²) in [6.45, 7) is 4.13. The van der Waals surface area contributed by atoms with Crippen molar-refractivity contribution in [3.05, 3.63) is 103 Å². The van der Waals surface area contributed by atoms with Crippen molar-refractivity contribution in [2.24, 2.45) is 0 Å². The molecule has 7 nitrogen and oxygen atoms in total. The van der Waals surface area contributed by atoms with Gasteiger partial charge >= 0.3 is 0 Å².